The molecule has 1 amide bonds. The van der Waals surface area contributed by atoms with Crippen LogP contribution in [0.1, 0.15) is 18.2 Å². The molecule has 9 heteroatoms. The number of amides is 1. The molecule has 1 aromatic carbocycles. The van der Waals surface area contributed by atoms with Crippen molar-refractivity contribution in [2.75, 3.05) is 13.2 Å². The normalized spacial score (nSPS) is 10.8. The van der Waals surface area contributed by atoms with E-state index in [9.17, 15) is 14.4 Å². The highest BCUT2D eigenvalue weighted by Crippen LogP contribution is 2.19. The van der Waals surface area contributed by atoms with Crippen LogP contribution in [0.3, 0.4) is 0 Å². The van der Waals surface area contributed by atoms with Crippen LogP contribution in [-0.4, -0.2) is 44.6 Å². The van der Waals surface area contributed by atoms with Gasteiger partial charge in [-0.3, -0.25) is 14.4 Å². The molecule has 2 aromatic heterocycles. The van der Waals surface area contributed by atoms with Crippen LogP contribution in [0.15, 0.2) is 35.3 Å². The van der Waals surface area contributed by atoms with Crippen LogP contribution in [-0.2, 0) is 20.9 Å². The van der Waals surface area contributed by atoms with E-state index in [-0.39, 0.29) is 19.7 Å². The summed E-state index contributed by atoms with van der Waals surface area (Å²) in [6, 6.07) is 7.57. The molecule has 28 heavy (non-hydrogen) atoms. The van der Waals surface area contributed by atoms with E-state index in [1.165, 1.54) is 0 Å². The zero-order valence-electron chi connectivity index (χ0n) is 15.9. The molecule has 2 heterocycles. The SMILES string of the molecule is CCOC(=O)CNC(=O)Cn1nc(C)c2cnn(-c3ccccc3C)c2c1=O. The van der Waals surface area contributed by atoms with Crippen molar-refractivity contribution in [3.05, 3.63) is 52.1 Å². The number of rotatable bonds is 6. The van der Waals surface area contributed by atoms with Crippen molar-refractivity contribution in [3.8, 4) is 5.69 Å². The minimum atomic E-state index is -0.541. The van der Waals surface area contributed by atoms with E-state index in [2.05, 4.69) is 15.5 Å². The quantitative estimate of drug-likeness (QED) is 0.633. The number of para-hydroxylation sites is 1. The molecule has 0 aliphatic heterocycles. The predicted molar refractivity (Wildman–Crippen MR) is 102 cm³/mol. The first-order chi connectivity index (χ1) is 13.4. The lowest BCUT2D eigenvalue weighted by atomic mass is 10.2. The second-order valence-electron chi connectivity index (χ2n) is 6.24. The number of nitrogens with one attached hydrogen (secondary N) is 1. The van der Waals surface area contributed by atoms with Crippen LogP contribution in [0.4, 0.5) is 0 Å². The highest BCUT2D eigenvalue weighted by molar-refractivity contribution is 5.83. The third kappa shape index (κ3) is 3.78. The van der Waals surface area contributed by atoms with Crippen molar-refractivity contribution < 1.29 is 14.3 Å². The molecule has 0 atom stereocenters. The molecule has 9 nitrogen and oxygen atoms in total. The first-order valence-corrected chi connectivity index (χ1v) is 8.86. The summed E-state index contributed by atoms with van der Waals surface area (Å²) >= 11 is 0. The molecule has 146 valence electrons. The van der Waals surface area contributed by atoms with Gasteiger partial charge < -0.3 is 10.1 Å². The molecule has 0 unspecified atom stereocenters. The topological polar surface area (TPSA) is 108 Å². The molecular weight excluding hydrogens is 362 g/mol. The summed E-state index contributed by atoms with van der Waals surface area (Å²) in [7, 11) is 0. The van der Waals surface area contributed by atoms with E-state index in [4.69, 9.17) is 4.74 Å². The molecular formula is C19H21N5O4. The van der Waals surface area contributed by atoms with E-state index >= 15 is 0 Å². The van der Waals surface area contributed by atoms with Gasteiger partial charge in [-0.2, -0.15) is 10.2 Å². The fourth-order valence-corrected chi connectivity index (χ4v) is 2.89. The van der Waals surface area contributed by atoms with Crippen molar-refractivity contribution >= 4 is 22.8 Å². The third-order valence-electron chi connectivity index (χ3n) is 4.24. The molecule has 0 radical (unpaired) electrons. The molecule has 0 saturated heterocycles. The lowest BCUT2D eigenvalue weighted by Gasteiger charge is -2.10. The Morgan fingerprint density at radius 3 is 2.68 bits per heavy atom. The zero-order valence-corrected chi connectivity index (χ0v) is 15.9. The second-order valence-corrected chi connectivity index (χ2v) is 6.24. The van der Waals surface area contributed by atoms with Crippen molar-refractivity contribution in [2.45, 2.75) is 27.3 Å². The monoisotopic (exact) mass is 383 g/mol. The Kier molecular flexibility index (Phi) is 5.53. The average Bonchev–Trinajstić information content (AvgIpc) is 3.10. The Hall–Kier alpha value is -3.49. The van der Waals surface area contributed by atoms with E-state index < -0.39 is 17.4 Å². The Morgan fingerprint density at radius 2 is 1.96 bits per heavy atom. The predicted octanol–water partition coefficient (Wildman–Crippen LogP) is 0.878. The highest BCUT2D eigenvalue weighted by atomic mass is 16.5. The fraction of sp³-hybridized carbons (Fsp3) is 0.316. The number of nitrogens with zero attached hydrogens (tertiary/aromatic N) is 4. The number of carbonyl (C=O) groups is 2. The van der Waals surface area contributed by atoms with E-state index in [0.717, 1.165) is 15.9 Å². The van der Waals surface area contributed by atoms with Gasteiger partial charge >= 0.3 is 5.97 Å². The van der Waals surface area contributed by atoms with E-state index in [1.807, 2.05) is 31.2 Å². The second kappa shape index (κ2) is 8.03. The smallest absolute Gasteiger partial charge is 0.325 e. The number of fused-ring (bicyclic) bond motifs is 1. The van der Waals surface area contributed by atoms with Crippen molar-refractivity contribution in [2.24, 2.45) is 0 Å². The van der Waals surface area contributed by atoms with Gasteiger partial charge in [0.1, 0.15) is 18.6 Å². The van der Waals surface area contributed by atoms with Gasteiger partial charge in [0, 0.05) is 5.39 Å². The van der Waals surface area contributed by atoms with Crippen LogP contribution in [0.5, 0.6) is 0 Å². The first-order valence-electron chi connectivity index (χ1n) is 8.86. The largest absolute Gasteiger partial charge is 0.465 e. The molecule has 0 bridgehead atoms. The fourth-order valence-electron chi connectivity index (χ4n) is 2.89. The summed E-state index contributed by atoms with van der Waals surface area (Å²) in [5.41, 5.74) is 2.22. The number of aryl methyl sites for hydroxylation is 2. The Labute approximate surface area is 160 Å². The van der Waals surface area contributed by atoms with Crippen LogP contribution < -0.4 is 10.9 Å². The van der Waals surface area contributed by atoms with Crippen molar-refractivity contribution in [1.82, 2.24) is 24.9 Å². The molecule has 1 N–H and O–H groups in total. The maximum atomic E-state index is 13.0. The van der Waals surface area contributed by atoms with Crippen LogP contribution in [0, 0.1) is 13.8 Å². The van der Waals surface area contributed by atoms with Gasteiger partial charge in [0.25, 0.3) is 5.56 Å². The highest BCUT2D eigenvalue weighted by Gasteiger charge is 2.17. The molecule has 0 saturated carbocycles. The average molecular weight is 383 g/mol. The van der Waals surface area contributed by atoms with E-state index in [1.54, 1.807) is 24.7 Å². The number of ether oxygens (including phenoxy) is 1. The number of hydrogen-bond donors (Lipinski definition) is 1. The molecule has 3 aromatic rings. The Bertz CT molecular complexity index is 1100. The summed E-state index contributed by atoms with van der Waals surface area (Å²) in [4.78, 5) is 36.5. The maximum absolute atomic E-state index is 13.0. The Morgan fingerprint density at radius 1 is 1.21 bits per heavy atom. The number of aromatic nitrogens is 4. The molecule has 0 aliphatic carbocycles. The van der Waals surface area contributed by atoms with Gasteiger partial charge in [0.15, 0.2) is 0 Å². The summed E-state index contributed by atoms with van der Waals surface area (Å²) in [5, 5.41) is 11.6. The van der Waals surface area contributed by atoms with Gasteiger partial charge in [-0.15, -0.1) is 0 Å². The number of carbonyl (C=O) groups excluding carboxylic acids is 2. The lowest BCUT2D eigenvalue weighted by Crippen LogP contribution is -2.37. The van der Waals surface area contributed by atoms with Crippen molar-refractivity contribution in [1.29, 1.82) is 0 Å². The summed E-state index contributed by atoms with van der Waals surface area (Å²) in [5.74, 6) is -1.05. The van der Waals surface area contributed by atoms with E-state index in [0.29, 0.717) is 16.6 Å². The van der Waals surface area contributed by atoms with Gasteiger partial charge in [-0.25, -0.2) is 9.36 Å². The zero-order chi connectivity index (χ0) is 20.3. The first kappa shape index (κ1) is 19.3. The third-order valence-corrected chi connectivity index (χ3v) is 4.24. The van der Waals surface area contributed by atoms with Crippen LogP contribution in [0.2, 0.25) is 0 Å². The lowest BCUT2D eigenvalue weighted by molar-refractivity contribution is -0.143. The standard InChI is InChI=1S/C19H21N5O4/c1-4-28-17(26)10-20-16(25)11-23-19(27)18-14(13(3)22-23)9-21-24(18)15-8-6-5-7-12(15)2/h5-9H,4,10-11H2,1-3H3,(H,20,25). The number of benzene rings is 1. The molecule has 0 aliphatic rings. The van der Waals surface area contributed by atoms with Crippen LogP contribution in [0.25, 0.3) is 16.6 Å². The number of hydrogen-bond acceptors (Lipinski definition) is 6. The summed E-state index contributed by atoms with van der Waals surface area (Å²) in [6.07, 6.45) is 1.59. The van der Waals surface area contributed by atoms with Gasteiger partial charge in [0.05, 0.1) is 24.2 Å². The summed E-state index contributed by atoms with van der Waals surface area (Å²) in [6.45, 7) is 5.02. The molecule has 0 spiro atoms. The van der Waals surface area contributed by atoms with Crippen LogP contribution >= 0.6 is 0 Å². The van der Waals surface area contributed by atoms with Gasteiger partial charge in [0.2, 0.25) is 5.91 Å². The van der Waals surface area contributed by atoms with Gasteiger partial charge in [-0.05, 0) is 32.4 Å². The molecule has 0 fully saturated rings. The minimum Gasteiger partial charge on any atom is -0.465 e. The minimum absolute atomic E-state index is 0.231. The molecule has 3 rings (SSSR count). The Balaban J connectivity index is 1.95. The number of esters is 1. The maximum Gasteiger partial charge on any atom is 0.325 e. The summed E-state index contributed by atoms with van der Waals surface area (Å²) < 4.78 is 7.40. The van der Waals surface area contributed by atoms with Gasteiger partial charge in [-0.1, -0.05) is 18.2 Å². The van der Waals surface area contributed by atoms with Crippen molar-refractivity contribution in [3.63, 3.8) is 0 Å².